The van der Waals surface area contributed by atoms with Crippen LogP contribution in [0.1, 0.15) is 22.8 Å². The molecule has 0 saturated carbocycles. The van der Waals surface area contributed by atoms with Gasteiger partial charge in [0.25, 0.3) is 0 Å². The number of carbonyl (C=O) groups is 1. The molecule has 0 spiro atoms. The highest BCUT2D eigenvalue weighted by Gasteiger charge is 2.20. The Bertz CT molecular complexity index is 627. The van der Waals surface area contributed by atoms with Crippen molar-refractivity contribution in [3.63, 3.8) is 0 Å². The van der Waals surface area contributed by atoms with Crippen LogP contribution in [-0.4, -0.2) is 12.6 Å². The molecule has 0 aliphatic carbocycles. The fraction of sp³-hybridized carbons (Fsp3) is 0.188. The zero-order chi connectivity index (χ0) is 15.2. The number of carbonyl (C=O) groups excluding carboxylic acids is 1. The number of halogens is 2. The van der Waals surface area contributed by atoms with Gasteiger partial charge in [-0.2, -0.15) is 0 Å². The molecule has 2 aromatic rings. The molecule has 0 atom stereocenters. The average molecular weight is 292 g/mol. The maximum atomic E-state index is 14.1. The van der Waals surface area contributed by atoms with Gasteiger partial charge >= 0.3 is 5.97 Å². The van der Waals surface area contributed by atoms with Gasteiger partial charge in [0.05, 0.1) is 12.2 Å². The Kier molecular flexibility index (Phi) is 4.87. The van der Waals surface area contributed by atoms with Crippen molar-refractivity contribution in [1.29, 1.82) is 0 Å². The fourth-order valence-corrected chi connectivity index (χ4v) is 1.76. The van der Waals surface area contributed by atoms with Crippen LogP contribution in [0.25, 0.3) is 0 Å². The number of hydrogen-bond donors (Lipinski definition) is 0. The van der Waals surface area contributed by atoms with E-state index in [1.807, 2.05) is 6.07 Å². The zero-order valence-corrected chi connectivity index (χ0v) is 11.4. The molecular formula is C16H14F2O3. The van der Waals surface area contributed by atoms with E-state index in [9.17, 15) is 13.6 Å². The van der Waals surface area contributed by atoms with Crippen LogP contribution >= 0.6 is 0 Å². The number of esters is 1. The summed E-state index contributed by atoms with van der Waals surface area (Å²) in [5, 5.41) is 0. The van der Waals surface area contributed by atoms with Crippen molar-refractivity contribution < 1.29 is 23.0 Å². The Labute approximate surface area is 121 Å². The molecule has 2 aromatic carbocycles. The second-order valence-corrected chi connectivity index (χ2v) is 4.23. The molecule has 0 aliphatic rings. The van der Waals surface area contributed by atoms with Crippen molar-refractivity contribution in [3.05, 3.63) is 65.2 Å². The smallest absolute Gasteiger partial charge is 0.341 e. The first-order valence-electron chi connectivity index (χ1n) is 6.45. The molecule has 0 aromatic heterocycles. The molecule has 5 heteroatoms. The van der Waals surface area contributed by atoms with Gasteiger partial charge < -0.3 is 9.47 Å². The number of ether oxygens (including phenoxy) is 2. The third-order valence-electron chi connectivity index (χ3n) is 2.77. The summed E-state index contributed by atoms with van der Waals surface area (Å²) in [5.41, 5.74) is 0.416. The van der Waals surface area contributed by atoms with E-state index in [0.717, 1.165) is 17.7 Å². The van der Waals surface area contributed by atoms with Crippen LogP contribution < -0.4 is 4.74 Å². The van der Waals surface area contributed by atoms with Crippen LogP contribution in [0.4, 0.5) is 8.78 Å². The van der Waals surface area contributed by atoms with Crippen LogP contribution in [0.5, 0.6) is 5.75 Å². The van der Waals surface area contributed by atoms with Crippen LogP contribution in [0, 0.1) is 11.6 Å². The molecule has 110 valence electrons. The van der Waals surface area contributed by atoms with Crippen LogP contribution in [0.2, 0.25) is 0 Å². The minimum Gasteiger partial charge on any atom is -0.483 e. The highest BCUT2D eigenvalue weighted by atomic mass is 19.1. The molecular weight excluding hydrogens is 278 g/mol. The Balaban J connectivity index is 2.22. The van der Waals surface area contributed by atoms with Gasteiger partial charge in [-0.15, -0.1) is 0 Å². The van der Waals surface area contributed by atoms with Crippen molar-refractivity contribution in [2.45, 2.75) is 13.5 Å². The first-order valence-corrected chi connectivity index (χ1v) is 6.45. The van der Waals surface area contributed by atoms with Crippen molar-refractivity contribution >= 4 is 5.97 Å². The highest BCUT2D eigenvalue weighted by Crippen LogP contribution is 2.26. The van der Waals surface area contributed by atoms with Crippen molar-refractivity contribution in [1.82, 2.24) is 0 Å². The minimum atomic E-state index is -1.05. The fourth-order valence-electron chi connectivity index (χ4n) is 1.76. The van der Waals surface area contributed by atoms with Gasteiger partial charge in [0.1, 0.15) is 6.61 Å². The lowest BCUT2D eigenvalue weighted by molar-refractivity contribution is 0.0519. The highest BCUT2D eigenvalue weighted by molar-refractivity contribution is 5.90. The Hall–Kier alpha value is -2.43. The van der Waals surface area contributed by atoms with Gasteiger partial charge in [0, 0.05) is 0 Å². The third kappa shape index (κ3) is 3.56. The predicted octanol–water partition coefficient (Wildman–Crippen LogP) is 3.72. The number of hydrogen-bond acceptors (Lipinski definition) is 3. The lowest BCUT2D eigenvalue weighted by Gasteiger charge is -2.11. The van der Waals surface area contributed by atoms with Crippen molar-refractivity contribution in [2.24, 2.45) is 0 Å². The topological polar surface area (TPSA) is 35.5 Å². The van der Waals surface area contributed by atoms with E-state index in [2.05, 4.69) is 0 Å². The molecule has 0 N–H and O–H groups in total. The monoisotopic (exact) mass is 292 g/mol. The summed E-state index contributed by atoms with van der Waals surface area (Å²) in [7, 11) is 0. The molecule has 21 heavy (non-hydrogen) atoms. The normalized spacial score (nSPS) is 10.2. The maximum absolute atomic E-state index is 14.1. The van der Waals surface area contributed by atoms with Crippen LogP contribution in [0.15, 0.2) is 42.5 Å². The molecule has 0 unspecified atom stereocenters. The minimum absolute atomic E-state index is 0.000951. The van der Waals surface area contributed by atoms with Crippen LogP contribution in [-0.2, 0) is 11.3 Å². The summed E-state index contributed by atoms with van der Waals surface area (Å²) in [5.74, 6) is -3.34. The van der Waals surface area contributed by atoms with E-state index in [1.54, 1.807) is 31.2 Å². The largest absolute Gasteiger partial charge is 0.483 e. The first-order chi connectivity index (χ1) is 10.1. The Morgan fingerprint density at radius 3 is 2.48 bits per heavy atom. The summed E-state index contributed by atoms with van der Waals surface area (Å²) in [6, 6.07) is 11.0. The van der Waals surface area contributed by atoms with E-state index in [-0.39, 0.29) is 18.8 Å². The van der Waals surface area contributed by atoms with Gasteiger partial charge in [-0.1, -0.05) is 30.3 Å². The Morgan fingerprint density at radius 1 is 1.10 bits per heavy atom. The maximum Gasteiger partial charge on any atom is 0.341 e. The quantitative estimate of drug-likeness (QED) is 0.788. The van der Waals surface area contributed by atoms with E-state index in [4.69, 9.17) is 9.47 Å². The van der Waals surface area contributed by atoms with Gasteiger partial charge in [0.2, 0.25) is 0 Å². The van der Waals surface area contributed by atoms with Gasteiger partial charge in [0.15, 0.2) is 17.4 Å². The molecule has 0 bridgehead atoms. The lowest BCUT2D eigenvalue weighted by atomic mass is 10.2. The number of benzene rings is 2. The van der Waals surface area contributed by atoms with Gasteiger partial charge in [-0.3, -0.25) is 0 Å². The second-order valence-electron chi connectivity index (χ2n) is 4.23. The first kappa shape index (κ1) is 15.0. The van der Waals surface area contributed by atoms with E-state index in [0.29, 0.717) is 0 Å². The van der Waals surface area contributed by atoms with E-state index >= 15 is 0 Å². The van der Waals surface area contributed by atoms with Crippen LogP contribution in [0.3, 0.4) is 0 Å². The van der Waals surface area contributed by atoms with Gasteiger partial charge in [-0.05, 0) is 24.6 Å². The molecule has 0 heterocycles. The zero-order valence-electron chi connectivity index (χ0n) is 11.4. The average Bonchev–Trinajstić information content (AvgIpc) is 2.48. The second kappa shape index (κ2) is 6.83. The summed E-state index contributed by atoms with van der Waals surface area (Å²) >= 11 is 0. The van der Waals surface area contributed by atoms with E-state index in [1.165, 1.54) is 0 Å². The molecule has 0 amide bonds. The predicted molar refractivity (Wildman–Crippen MR) is 73.1 cm³/mol. The molecule has 0 saturated heterocycles. The molecule has 3 nitrogen and oxygen atoms in total. The Morgan fingerprint density at radius 2 is 1.81 bits per heavy atom. The summed E-state index contributed by atoms with van der Waals surface area (Å²) in [6.07, 6.45) is 0. The summed E-state index contributed by atoms with van der Waals surface area (Å²) < 4.78 is 37.7. The number of rotatable bonds is 5. The summed E-state index contributed by atoms with van der Waals surface area (Å²) in [4.78, 5) is 11.6. The molecule has 0 aliphatic heterocycles. The lowest BCUT2D eigenvalue weighted by Crippen LogP contribution is -2.10. The summed E-state index contributed by atoms with van der Waals surface area (Å²) in [6.45, 7) is 1.71. The standard InChI is InChI=1S/C16H14F2O3/c1-2-20-16(19)12-8-9-13(17)15(14(12)18)21-10-11-6-4-3-5-7-11/h3-9H,2,10H2,1H3. The van der Waals surface area contributed by atoms with Gasteiger partial charge in [-0.25, -0.2) is 13.6 Å². The SMILES string of the molecule is CCOC(=O)c1ccc(F)c(OCc2ccccc2)c1F. The molecule has 0 radical (unpaired) electrons. The molecule has 2 rings (SSSR count). The van der Waals surface area contributed by atoms with Crippen molar-refractivity contribution in [2.75, 3.05) is 6.61 Å². The van der Waals surface area contributed by atoms with Crippen molar-refractivity contribution in [3.8, 4) is 5.75 Å². The third-order valence-corrected chi connectivity index (χ3v) is 2.77. The van der Waals surface area contributed by atoms with E-state index < -0.39 is 23.4 Å². The molecule has 0 fully saturated rings.